The Bertz CT molecular complexity index is 1140. The fraction of sp³-hybridized carbons (Fsp3) is 0.333. The van der Waals surface area contributed by atoms with Crippen molar-refractivity contribution in [2.24, 2.45) is 0 Å². The Morgan fingerprint density at radius 1 is 1.06 bits per heavy atom. The molecule has 8 nitrogen and oxygen atoms in total. The third-order valence-electron chi connectivity index (χ3n) is 5.90. The SMILES string of the molecule is O=C(C(c1ccccc1)n1cccn1)N1CCN(CCCc2nc(-c3cccs3)no2)CC1. The number of thiophene rings is 1. The van der Waals surface area contributed by atoms with Crippen molar-refractivity contribution in [1.29, 1.82) is 0 Å². The minimum Gasteiger partial charge on any atom is -0.339 e. The van der Waals surface area contributed by atoms with E-state index in [0.717, 1.165) is 42.9 Å². The van der Waals surface area contributed by atoms with Crippen LogP contribution in [0.3, 0.4) is 0 Å². The van der Waals surface area contributed by atoms with Crippen molar-refractivity contribution >= 4 is 17.2 Å². The molecule has 1 saturated heterocycles. The van der Waals surface area contributed by atoms with E-state index in [-0.39, 0.29) is 5.91 Å². The summed E-state index contributed by atoms with van der Waals surface area (Å²) in [6.45, 7) is 4.09. The number of hydrogen-bond donors (Lipinski definition) is 0. The molecule has 0 radical (unpaired) electrons. The first-order valence-corrected chi connectivity index (χ1v) is 12.1. The van der Waals surface area contributed by atoms with Gasteiger partial charge in [0.25, 0.3) is 5.91 Å². The van der Waals surface area contributed by atoms with Crippen LogP contribution in [0.2, 0.25) is 0 Å². The van der Waals surface area contributed by atoms with Gasteiger partial charge in [-0.3, -0.25) is 14.4 Å². The highest BCUT2D eigenvalue weighted by molar-refractivity contribution is 7.13. The highest BCUT2D eigenvalue weighted by Crippen LogP contribution is 2.23. The van der Waals surface area contributed by atoms with Crippen molar-refractivity contribution in [2.45, 2.75) is 18.9 Å². The molecule has 1 atom stereocenters. The maximum absolute atomic E-state index is 13.4. The Kier molecular flexibility index (Phi) is 6.59. The molecule has 170 valence electrons. The molecule has 4 heterocycles. The highest BCUT2D eigenvalue weighted by atomic mass is 32.1. The van der Waals surface area contributed by atoms with Gasteiger partial charge in [-0.1, -0.05) is 41.6 Å². The van der Waals surface area contributed by atoms with Gasteiger partial charge < -0.3 is 9.42 Å². The van der Waals surface area contributed by atoms with Crippen molar-refractivity contribution in [3.05, 3.63) is 77.8 Å². The lowest BCUT2D eigenvalue weighted by atomic mass is 10.1. The molecule has 1 amide bonds. The van der Waals surface area contributed by atoms with Crippen LogP contribution in [0.25, 0.3) is 10.7 Å². The van der Waals surface area contributed by atoms with Gasteiger partial charge in [-0.25, -0.2) is 0 Å². The molecule has 1 unspecified atom stereocenters. The number of aromatic nitrogens is 4. The summed E-state index contributed by atoms with van der Waals surface area (Å²) in [5, 5.41) is 10.4. The van der Waals surface area contributed by atoms with Gasteiger partial charge in [0.1, 0.15) is 0 Å². The van der Waals surface area contributed by atoms with Gasteiger partial charge in [-0.05, 0) is 36.0 Å². The van der Waals surface area contributed by atoms with Crippen molar-refractivity contribution in [3.8, 4) is 10.7 Å². The first-order chi connectivity index (χ1) is 16.3. The smallest absolute Gasteiger partial charge is 0.252 e. The fourth-order valence-electron chi connectivity index (χ4n) is 4.16. The largest absolute Gasteiger partial charge is 0.339 e. The van der Waals surface area contributed by atoms with E-state index in [1.165, 1.54) is 0 Å². The average molecular weight is 463 g/mol. The summed E-state index contributed by atoms with van der Waals surface area (Å²) >= 11 is 1.61. The normalized spacial score (nSPS) is 15.6. The molecule has 0 spiro atoms. The van der Waals surface area contributed by atoms with Gasteiger partial charge in [0.05, 0.1) is 4.88 Å². The standard InChI is InChI=1S/C24H26N6O2S/c31-24(22(30-13-6-11-25-30)19-7-2-1-3-8-19)29-16-14-28(15-17-29)12-4-10-21-26-23(27-32-21)20-9-5-18-33-20/h1-3,5-9,11,13,18,22H,4,10,12,14-17H2. The topological polar surface area (TPSA) is 80.3 Å². The Morgan fingerprint density at radius 2 is 1.91 bits per heavy atom. The first kappa shape index (κ1) is 21.5. The van der Waals surface area contributed by atoms with E-state index in [2.05, 4.69) is 20.1 Å². The van der Waals surface area contributed by atoms with Crippen molar-refractivity contribution in [3.63, 3.8) is 0 Å². The maximum atomic E-state index is 13.4. The molecule has 1 fully saturated rings. The minimum absolute atomic E-state index is 0.0940. The van der Waals surface area contributed by atoms with Gasteiger partial charge in [0, 0.05) is 45.0 Å². The molecule has 5 rings (SSSR count). The molecule has 0 N–H and O–H groups in total. The third-order valence-corrected chi connectivity index (χ3v) is 6.76. The number of hydrogen-bond acceptors (Lipinski definition) is 7. The molecule has 1 aliphatic rings. The summed E-state index contributed by atoms with van der Waals surface area (Å²) in [7, 11) is 0. The maximum Gasteiger partial charge on any atom is 0.252 e. The summed E-state index contributed by atoms with van der Waals surface area (Å²) in [6, 6.07) is 15.3. The predicted molar refractivity (Wildman–Crippen MR) is 126 cm³/mol. The average Bonchev–Trinajstić information content (AvgIpc) is 3.63. The molecular weight excluding hydrogens is 436 g/mol. The zero-order chi connectivity index (χ0) is 22.5. The van der Waals surface area contributed by atoms with Crippen molar-refractivity contribution < 1.29 is 9.32 Å². The van der Waals surface area contributed by atoms with E-state index < -0.39 is 6.04 Å². The van der Waals surface area contributed by atoms with E-state index >= 15 is 0 Å². The molecule has 9 heteroatoms. The lowest BCUT2D eigenvalue weighted by Crippen LogP contribution is -2.50. The van der Waals surface area contributed by atoms with Gasteiger partial charge in [0.15, 0.2) is 6.04 Å². The summed E-state index contributed by atoms with van der Waals surface area (Å²) < 4.78 is 7.14. The lowest BCUT2D eigenvalue weighted by Gasteiger charge is -2.36. The van der Waals surface area contributed by atoms with Crippen LogP contribution in [-0.2, 0) is 11.2 Å². The van der Waals surface area contributed by atoms with Crippen LogP contribution >= 0.6 is 11.3 Å². The minimum atomic E-state index is -0.428. The number of piperazine rings is 1. The number of benzene rings is 1. The van der Waals surface area contributed by atoms with Crippen molar-refractivity contribution in [1.82, 2.24) is 29.7 Å². The van der Waals surface area contributed by atoms with Crippen LogP contribution in [0.5, 0.6) is 0 Å². The predicted octanol–water partition coefficient (Wildman–Crippen LogP) is 3.36. The number of carbonyl (C=O) groups excluding carboxylic acids is 1. The summed E-state index contributed by atoms with van der Waals surface area (Å²) in [5.41, 5.74) is 0.954. The molecule has 33 heavy (non-hydrogen) atoms. The molecule has 1 aliphatic heterocycles. The zero-order valence-electron chi connectivity index (χ0n) is 18.3. The second-order valence-corrected chi connectivity index (χ2v) is 9.01. The third kappa shape index (κ3) is 5.04. The van der Waals surface area contributed by atoms with Crippen LogP contribution in [-0.4, -0.2) is 68.4 Å². The molecule has 1 aromatic carbocycles. The number of aryl methyl sites for hydroxylation is 1. The first-order valence-electron chi connectivity index (χ1n) is 11.2. The van der Waals surface area contributed by atoms with Crippen LogP contribution in [0.4, 0.5) is 0 Å². The second kappa shape index (κ2) is 10.1. The Morgan fingerprint density at radius 3 is 2.64 bits per heavy atom. The van der Waals surface area contributed by atoms with Crippen LogP contribution in [0, 0.1) is 0 Å². The van der Waals surface area contributed by atoms with Gasteiger partial charge in [-0.15, -0.1) is 11.3 Å². The summed E-state index contributed by atoms with van der Waals surface area (Å²) in [4.78, 5) is 23.3. The molecular formula is C24H26N6O2S. The molecule has 0 bridgehead atoms. The molecule has 0 saturated carbocycles. The van der Waals surface area contributed by atoms with E-state index in [4.69, 9.17) is 4.52 Å². The second-order valence-electron chi connectivity index (χ2n) is 8.06. The quantitative estimate of drug-likeness (QED) is 0.399. The van der Waals surface area contributed by atoms with Crippen LogP contribution < -0.4 is 0 Å². The summed E-state index contributed by atoms with van der Waals surface area (Å²) in [5.74, 6) is 1.44. The number of nitrogens with zero attached hydrogens (tertiary/aromatic N) is 6. The van der Waals surface area contributed by atoms with E-state index in [0.29, 0.717) is 24.8 Å². The highest BCUT2D eigenvalue weighted by Gasteiger charge is 2.30. The molecule has 0 aliphatic carbocycles. The van der Waals surface area contributed by atoms with Gasteiger partial charge >= 0.3 is 0 Å². The number of amides is 1. The van der Waals surface area contributed by atoms with Gasteiger partial charge in [0.2, 0.25) is 11.7 Å². The Balaban J connectivity index is 1.13. The van der Waals surface area contributed by atoms with Crippen molar-refractivity contribution in [2.75, 3.05) is 32.7 Å². The van der Waals surface area contributed by atoms with Gasteiger partial charge in [-0.2, -0.15) is 10.1 Å². The van der Waals surface area contributed by atoms with Crippen LogP contribution in [0.15, 0.2) is 70.8 Å². The monoisotopic (exact) mass is 462 g/mol. The fourth-order valence-corrected chi connectivity index (χ4v) is 4.81. The Hall–Kier alpha value is -3.30. The number of rotatable bonds is 8. The van der Waals surface area contributed by atoms with E-state index in [1.54, 1.807) is 22.2 Å². The zero-order valence-corrected chi connectivity index (χ0v) is 19.1. The molecule has 3 aromatic heterocycles. The summed E-state index contributed by atoms with van der Waals surface area (Å²) in [6.07, 6.45) is 5.27. The Labute approximate surface area is 196 Å². The van der Waals surface area contributed by atoms with E-state index in [1.807, 2.05) is 65.0 Å². The molecule has 4 aromatic rings. The number of carbonyl (C=O) groups is 1. The van der Waals surface area contributed by atoms with E-state index in [9.17, 15) is 4.79 Å². The lowest BCUT2D eigenvalue weighted by molar-refractivity contribution is -0.135. The van der Waals surface area contributed by atoms with Crippen LogP contribution in [0.1, 0.15) is 23.9 Å².